The van der Waals surface area contributed by atoms with Crippen molar-refractivity contribution in [1.29, 1.82) is 0 Å². The number of ether oxygens (including phenoxy) is 4. The van der Waals surface area contributed by atoms with Gasteiger partial charge in [0.25, 0.3) is 0 Å². The predicted molar refractivity (Wildman–Crippen MR) is 96.3 cm³/mol. The molecule has 1 heterocycles. The van der Waals surface area contributed by atoms with Gasteiger partial charge in [0.2, 0.25) is 0 Å². The molecule has 27 heavy (non-hydrogen) atoms. The summed E-state index contributed by atoms with van der Waals surface area (Å²) in [6.07, 6.45) is -0.297. The molecule has 1 fully saturated rings. The first-order chi connectivity index (χ1) is 13.0. The molecule has 1 saturated heterocycles. The van der Waals surface area contributed by atoms with Gasteiger partial charge in [0, 0.05) is 13.1 Å². The van der Waals surface area contributed by atoms with E-state index < -0.39 is 6.61 Å². The van der Waals surface area contributed by atoms with Gasteiger partial charge in [-0.1, -0.05) is 18.2 Å². The van der Waals surface area contributed by atoms with Crippen LogP contribution in [-0.4, -0.2) is 38.4 Å². The molecule has 1 unspecified atom stereocenters. The molecule has 0 spiro atoms. The van der Waals surface area contributed by atoms with Crippen LogP contribution in [0.1, 0.15) is 24.3 Å². The number of hydrogen-bond donors (Lipinski definition) is 0. The molecule has 146 valence electrons. The van der Waals surface area contributed by atoms with Crippen LogP contribution in [0.2, 0.25) is 0 Å². The second-order valence-corrected chi connectivity index (χ2v) is 6.33. The maximum atomic E-state index is 12.3. The molecule has 2 aromatic rings. The van der Waals surface area contributed by atoms with Crippen LogP contribution in [0, 0.1) is 0 Å². The van der Waals surface area contributed by atoms with Gasteiger partial charge in [0.15, 0.2) is 0 Å². The predicted octanol–water partition coefficient (Wildman–Crippen LogP) is 4.22. The molecule has 0 saturated carbocycles. The molecule has 0 radical (unpaired) electrons. The highest BCUT2D eigenvalue weighted by atomic mass is 19.3. The minimum absolute atomic E-state index is 0.0334. The van der Waals surface area contributed by atoms with Gasteiger partial charge in [-0.25, -0.2) is 0 Å². The lowest BCUT2D eigenvalue weighted by Gasteiger charge is -2.26. The fourth-order valence-corrected chi connectivity index (χ4v) is 3.31. The van der Waals surface area contributed by atoms with Crippen LogP contribution >= 0.6 is 0 Å². The summed E-state index contributed by atoms with van der Waals surface area (Å²) in [7, 11) is 3.23. The van der Waals surface area contributed by atoms with E-state index in [1.807, 2.05) is 25.1 Å². The van der Waals surface area contributed by atoms with E-state index in [4.69, 9.17) is 14.2 Å². The molecule has 0 bridgehead atoms. The molecule has 3 rings (SSSR count). The number of methoxy groups -OCH3 is 2. The molecule has 1 aliphatic rings. The Hall–Kier alpha value is -2.38. The third-order valence-electron chi connectivity index (χ3n) is 4.43. The Morgan fingerprint density at radius 3 is 2.26 bits per heavy atom. The summed E-state index contributed by atoms with van der Waals surface area (Å²) in [5.41, 5.74) is 1.80. The quantitative estimate of drug-likeness (QED) is 0.720. The molecule has 5 nitrogen and oxygen atoms in total. The van der Waals surface area contributed by atoms with E-state index in [2.05, 4.69) is 9.64 Å². The topological polar surface area (TPSA) is 40.2 Å². The smallest absolute Gasteiger partial charge is 0.387 e. The zero-order valence-electron chi connectivity index (χ0n) is 15.5. The number of halogens is 2. The minimum atomic E-state index is -2.83. The molecule has 0 aliphatic carbocycles. The molecule has 0 aromatic heterocycles. The maximum absolute atomic E-state index is 12.3. The average molecular weight is 379 g/mol. The summed E-state index contributed by atoms with van der Waals surface area (Å²) in [5, 5.41) is 0. The van der Waals surface area contributed by atoms with Crippen LogP contribution in [0.4, 0.5) is 8.78 Å². The van der Waals surface area contributed by atoms with Gasteiger partial charge in [-0.05, 0) is 36.8 Å². The van der Waals surface area contributed by atoms with E-state index in [1.165, 1.54) is 0 Å². The van der Waals surface area contributed by atoms with E-state index in [1.54, 1.807) is 38.5 Å². The second kappa shape index (κ2) is 8.54. The molecular formula is C20H23F2NO4. The van der Waals surface area contributed by atoms with E-state index in [-0.39, 0.29) is 18.1 Å². The summed E-state index contributed by atoms with van der Waals surface area (Å²) in [6.45, 7) is 0.493. The van der Waals surface area contributed by atoms with Crippen LogP contribution in [0.5, 0.6) is 17.2 Å². The first kappa shape index (κ1) is 19.4. The summed E-state index contributed by atoms with van der Waals surface area (Å²) in [6, 6.07) is 12.2. The Morgan fingerprint density at radius 1 is 1.07 bits per heavy atom. The van der Waals surface area contributed by atoms with Gasteiger partial charge < -0.3 is 18.9 Å². The van der Waals surface area contributed by atoms with Crippen LogP contribution in [0.3, 0.4) is 0 Å². The van der Waals surface area contributed by atoms with E-state index in [0.29, 0.717) is 18.0 Å². The van der Waals surface area contributed by atoms with Crippen molar-refractivity contribution in [2.45, 2.75) is 32.4 Å². The summed E-state index contributed by atoms with van der Waals surface area (Å²) >= 11 is 0. The van der Waals surface area contributed by atoms with Crippen LogP contribution in [0.25, 0.3) is 0 Å². The maximum Gasteiger partial charge on any atom is 0.387 e. The summed E-state index contributed by atoms with van der Waals surface area (Å²) in [5.74, 6) is 1.53. The van der Waals surface area contributed by atoms with Crippen molar-refractivity contribution in [3.63, 3.8) is 0 Å². The van der Waals surface area contributed by atoms with Crippen molar-refractivity contribution in [2.75, 3.05) is 20.8 Å². The van der Waals surface area contributed by atoms with Gasteiger partial charge >= 0.3 is 6.61 Å². The van der Waals surface area contributed by atoms with Gasteiger partial charge in [0.1, 0.15) is 23.5 Å². The van der Waals surface area contributed by atoms with Gasteiger partial charge in [-0.15, -0.1) is 0 Å². The first-order valence-electron chi connectivity index (χ1n) is 8.66. The first-order valence-corrected chi connectivity index (χ1v) is 8.66. The van der Waals surface area contributed by atoms with Crippen molar-refractivity contribution in [3.8, 4) is 17.2 Å². The normalized spacial score (nSPS) is 20.1. The minimum Gasteiger partial charge on any atom is -0.496 e. The third kappa shape index (κ3) is 4.48. The second-order valence-electron chi connectivity index (χ2n) is 6.33. The molecule has 2 aromatic carbocycles. The number of alkyl halides is 2. The Morgan fingerprint density at radius 2 is 1.70 bits per heavy atom. The summed E-state index contributed by atoms with van der Waals surface area (Å²) in [4.78, 5) is 2.16. The van der Waals surface area contributed by atoms with Crippen molar-refractivity contribution in [1.82, 2.24) is 4.90 Å². The third-order valence-corrected chi connectivity index (χ3v) is 4.43. The lowest BCUT2D eigenvalue weighted by atomic mass is 10.1. The van der Waals surface area contributed by atoms with E-state index >= 15 is 0 Å². The van der Waals surface area contributed by atoms with Gasteiger partial charge in [0.05, 0.1) is 25.9 Å². The largest absolute Gasteiger partial charge is 0.496 e. The Bertz CT molecular complexity index is 732. The SMILES string of the molecule is COc1cccc(OC)c1[C@H]1OC(C)CN1Cc1ccc(OC(F)F)cc1. The zero-order valence-corrected chi connectivity index (χ0v) is 15.5. The Balaban J connectivity index is 1.83. The van der Waals surface area contributed by atoms with Gasteiger partial charge in [-0.2, -0.15) is 8.78 Å². The Labute approximate surface area is 157 Å². The van der Waals surface area contributed by atoms with Gasteiger partial charge in [-0.3, -0.25) is 4.90 Å². The van der Waals surface area contributed by atoms with E-state index in [0.717, 1.165) is 17.7 Å². The van der Waals surface area contributed by atoms with Crippen molar-refractivity contribution >= 4 is 0 Å². The zero-order chi connectivity index (χ0) is 19.4. The number of rotatable bonds is 7. The average Bonchev–Trinajstić information content (AvgIpc) is 3.01. The molecular weight excluding hydrogens is 356 g/mol. The standard InChI is InChI=1S/C20H23F2NO4/c1-13-11-23(12-14-7-9-15(10-8-14)27-20(21)22)19(26-13)18-16(24-2)5-4-6-17(18)25-3/h4-10,13,19-20H,11-12H2,1-3H3/t13?,19-/m1/s1. The highest BCUT2D eigenvalue weighted by Gasteiger charge is 2.35. The van der Waals surface area contributed by atoms with Crippen molar-refractivity contribution in [2.24, 2.45) is 0 Å². The lowest BCUT2D eigenvalue weighted by Crippen LogP contribution is -2.24. The monoisotopic (exact) mass is 379 g/mol. The highest BCUT2D eigenvalue weighted by Crippen LogP contribution is 2.41. The summed E-state index contributed by atoms with van der Waals surface area (Å²) < 4.78 is 46.2. The molecule has 0 amide bonds. The number of nitrogens with zero attached hydrogens (tertiary/aromatic N) is 1. The number of hydrogen-bond acceptors (Lipinski definition) is 5. The van der Waals surface area contributed by atoms with Crippen molar-refractivity contribution in [3.05, 3.63) is 53.6 Å². The fourth-order valence-electron chi connectivity index (χ4n) is 3.31. The Kier molecular flexibility index (Phi) is 6.13. The van der Waals surface area contributed by atoms with Crippen LogP contribution < -0.4 is 14.2 Å². The highest BCUT2D eigenvalue weighted by molar-refractivity contribution is 5.46. The van der Waals surface area contributed by atoms with Crippen molar-refractivity contribution < 1.29 is 27.7 Å². The molecule has 2 atom stereocenters. The molecule has 0 N–H and O–H groups in total. The van der Waals surface area contributed by atoms with Crippen LogP contribution in [0.15, 0.2) is 42.5 Å². The van der Waals surface area contributed by atoms with E-state index in [9.17, 15) is 8.78 Å². The lowest BCUT2D eigenvalue weighted by molar-refractivity contribution is -0.0498. The number of benzene rings is 2. The molecule has 1 aliphatic heterocycles. The molecule has 7 heteroatoms. The fraction of sp³-hybridized carbons (Fsp3) is 0.400. The van der Waals surface area contributed by atoms with Crippen LogP contribution in [-0.2, 0) is 11.3 Å².